The molecule has 14 heteroatoms. The minimum absolute atomic E-state index is 0.0384. The van der Waals surface area contributed by atoms with Crippen molar-refractivity contribution in [1.82, 2.24) is 9.13 Å². The number of carbonyl (C=O) groups is 2. The van der Waals surface area contributed by atoms with E-state index in [-0.39, 0.29) is 36.8 Å². The Balaban J connectivity index is 1.46. The summed E-state index contributed by atoms with van der Waals surface area (Å²) < 4.78 is 25.7. The maximum absolute atomic E-state index is 14.8. The first-order chi connectivity index (χ1) is 28.1. The van der Waals surface area contributed by atoms with E-state index in [1.807, 2.05) is 77.4 Å². The van der Waals surface area contributed by atoms with Crippen LogP contribution in [-0.2, 0) is 19.1 Å². The molecule has 13 nitrogen and oxygen atoms in total. The lowest BCUT2D eigenvalue weighted by Crippen LogP contribution is -2.40. The van der Waals surface area contributed by atoms with E-state index in [1.54, 1.807) is 51.1 Å². The van der Waals surface area contributed by atoms with Gasteiger partial charge in [0.15, 0.2) is 22.9 Å². The third-order valence-electron chi connectivity index (χ3n) is 9.43. The standard InChI is InChI=1S/C44H38N4O9S/c1-5-55-36-24-30(17-22-35(36)57-26-38(49)54-4)41-39(43(51)56-6-2)27(3)45-44-47(41)42(50)37(58-44)25-31-23-34(28-13-9-7-10-14-28)46(40(31)29-15-11-8-12-16-29)32-18-20-33(21-19-32)48(52)53/h7-25,41H,5-6,26H2,1-4H3/b37-25+/t41-/m0/s1. The lowest BCUT2D eigenvalue weighted by Gasteiger charge is -2.25. The Morgan fingerprint density at radius 2 is 1.57 bits per heavy atom. The Labute approximate surface area is 336 Å². The maximum atomic E-state index is 14.8. The predicted molar refractivity (Wildman–Crippen MR) is 219 cm³/mol. The number of non-ortho nitro benzene ring substituents is 1. The van der Waals surface area contributed by atoms with Gasteiger partial charge in [0, 0.05) is 23.4 Å². The number of hydrogen-bond acceptors (Lipinski definition) is 11. The van der Waals surface area contributed by atoms with Gasteiger partial charge in [-0.3, -0.25) is 19.5 Å². The normalized spacial score (nSPS) is 13.7. The Kier molecular flexibility index (Phi) is 11.5. The molecular weight excluding hydrogens is 761 g/mol. The summed E-state index contributed by atoms with van der Waals surface area (Å²) in [7, 11) is 1.26. The Hall–Kier alpha value is -7.06. The number of esters is 2. The molecular formula is C44H38N4O9S. The average molecular weight is 799 g/mol. The zero-order chi connectivity index (χ0) is 40.9. The first-order valence-electron chi connectivity index (χ1n) is 18.4. The highest BCUT2D eigenvalue weighted by molar-refractivity contribution is 7.07. The van der Waals surface area contributed by atoms with Gasteiger partial charge in [-0.05, 0) is 73.9 Å². The molecule has 294 valence electrons. The number of fused-ring (bicyclic) bond motifs is 1. The molecule has 0 saturated carbocycles. The topological polar surface area (TPSA) is 153 Å². The summed E-state index contributed by atoms with van der Waals surface area (Å²) >= 11 is 1.18. The van der Waals surface area contributed by atoms with Crippen LogP contribution in [0, 0.1) is 10.1 Å². The molecule has 0 bridgehead atoms. The van der Waals surface area contributed by atoms with Gasteiger partial charge in [-0.15, -0.1) is 0 Å². The number of thiazole rings is 1. The molecule has 2 aromatic heterocycles. The van der Waals surface area contributed by atoms with Crippen molar-refractivity contribution in [2.45, 2.75) is 26.8 Å². The van der Waals surface area contributed by atoms with Crippen molar-refractivity contribution in [2.75, 3.05) is 26.9 Å². The van der Waals surface area contributed by atoms with E-state index in [4.69, 9.17) is 23.9 Å². The van der Waals surface area contributed by atoms with Crippen LogP contribution < -0.4 is 24.4 Å². The van der Waals surface area contributed by atoms with Crippen molar-refractivity contribution in [2.24, 2.45) is 4.99 Å². The lowest BCUT2D eigenvalue weighted by atomic mass is 9.95. The van der Waals surface area contributed by atoms with Gasteiger partial charge in [0.2, 0.25) is 0 Å². The molecule has 0 unspecified atom stereocenters. The van der Waals surface area contributed by atoms with Crippen LogP contribution in [0.5, 0.6) is 11.5 Å². The van der Waals surface area contributed by atoms with E-state index in [9.17, 15) is 24.5 Å². The fraction of sp³-hybridized carbons (Fsp3) is 0.182. The van der Waals surface area contributed by atoms with Gasteiger partial charge >= 0.3 is 11.9 Å². The quantitative estimate of drug-likeness (QED) is 0.0699. The average Bonchev–Trinajstić information content (AvgIpc) is 3.76. The molecule has 7 rings (SSSR count). The molecule has 0 saturated heterocycles. The van der Waals surface area contributed by atoms with Crippen LogP contribution in [-0.4, -0.2) is 52.9 Å². The monoisotopic (exact) mass is 798 g/mol. The first kappa shape index (κ1) is 39.2. The molecule has 4 aromatic carbocycles. The highest BCUT2D eigenvalue weighted by Gasteiger charge is 2.34. The summed E-state index contributed by atoms with van der Waals surface area (Å²) in [4.78, 5) is 56.7. The van der Waals surface area contributed by atoms with Crippen LogP contribution in [0.1, 0.15) is 37.9 Å². The maximum Gasteiger partial charge on any atom is 0.343 e. The number of nitro benzene ring substituents is 1. The summed E-state index contributed by atoms with van der Waals surface area (Å²) in [6.45, 7) is 5.24. The number of carbonyl (C=O) groups excluding carboxylic acids is 2. The third-order valence-corrected chi connectivity index (χ3v) is 10.4. The molecule has 3 heterocycles. The van der Waals surface area contributed by atoms with Gasteiger partial charge in [0.05, 0.1) is 58.5 Å². The Morgan fingerprint density at radius 1 is 0.879 bits per heavy atom. The third kappa shape index (κ3) is 7.69. The highest BCUT2D eigenvalue weighted by Crippen LogP contribution is 2.38. The molecule has 6 aromatic rings. The number of aromatic nitrogens is 2. The highest BCUT2D eigenvalue weighted by atomic mass is 32.1. The molecule has 1 aliphatic rings. The molecule has 0 aliphatic carbocycles. The zero-order valence-corrected chi connectivity index (χ0v) is 32.9. The van der Waals surface area contributed by atoms with Gasteiger partial charge in [-0.25, -0.2) is 14.6 Å². The second kappa shape index (κ2) is 17.0. The molecule has 0 N–H and O–H groups in total. The largest absolute Gasteiger partial charge is 0.490 e. The fourth-order valence-corrected chi connectivity index (χ4v) is 7.91. The number of nitrogens with zero attached hydrogens (tertiary/aromatic N) is 4. The summed E-state index contributed by atoms with van der Waals surface area (Å²) in [6, 6.07) is 31.8. The summed E-state index contributed by atoms with van der Waals surface area (Å²) in [6.07, 6.45) is 1.82. The minimum Gasteiger partial charge on any atom is -0.490 e. The van der Waals surface area contributed by atoms with Crippen LogP contribution in [0.15, 0.2) is 130 Å². The molecule has 0 spiro atoms. The number of nitro groups is 1. The number of allylic oxidation sites excluding steroid dienone is 1. The molecule has 0 amide bonds. The Bertz CT molecular complexity index is 2740. The molecule has 58 heavy (non-hydrogen) atoms. The van der Waals surface area contributed by atoms with Crippen LogP contribution >= 0.6 is 11.3 Å². The van der Waals surface area contributed by atoms with Gasteiger partial charge in [-0.2, -0.15) is 0 Å². The number of benzene rings is 4. The van der Waals surface area contributed by atoms with E-state index in [0.29, 0.717) is 37.6 Å². The first-order valence-corrected chi connectivity index (χ1v) is 19.2. The van der Waals surface area contributed by atoms with Crippen molar-refractivity contribution < 1.29 is 33.5 Å². The van der Waals surface area contributed by atoms with E-state index in [1.165, 1.54) is 35.1 Å². The van der Waals surface area contributed by atoms with Gasteiger partial charge in [0.1, 0.15) is 0 Å². The van der Waals surface area contributed by atoms with Crippen molar-refractivity contribution >= 4 is 35.0 Å². The van der Waals surface area contributed by atoms with E-state index in [2.05, 4.69) is 0 Å². The van der Waals surface area contributed by atoms with Crippen LogP contribution in [0.2, 0.25) is 0 Å². The summed E-state index contributed by atoms with van der Waals surface area (Å²) in [5, 5.41) is 11.6. The van der Waals surface area contributed by atoms with Crippen molar-refractivity contribution in [1.29, 1.82) is 0 Å². The number of ether oxygens (including phenoxy) is 4. The summed E-state index contributed by atoms with van der Waals surface area (Å²) in [5.74, 6) is -0.610. The van der Waals surface area contributed by atoms with Crippen molar-refractivity contribution in [3.8, 4) is 39.7 Å². The number of methoxy groups -OCH3 is 1. The Morgan fingerprint density at radius 3 is 2.21 bits per heavy atom. The summed E-state index contributed by atoms with van der Waals surface area (Å²) in [5.41, 5.74) is 5.34. The molecule has 0 fully saturated rings. The lowest BCUT2D eigenvalue weighted by molar-refractivity contribution is -0.384. The molecule has 0 radical (unpaired) electrons. The van der Waals surface area contributed by atoms with E-state index < -0.39 is 28.5 Å². The molecule has 1 aliphatic heterocycles. The van der Waals surface area contributed by atoms with Crippen molar-refractivity contribution in [3.63, 3.8) is 0 Å². The fourth-order valence-electron chi connectivity index (χ4n) is 6.87. The zero-order valence-electron chi connectivity index (χ0n) is 32.0. The van der Waals surface area contributed by atoms with E-state index in [0.717, 1.165) is 22.5 Å². The van der Waals surface area contributed by atoms with Crippen LogP contribution in [0.4, 0.5) is 5.69 Å². The number of hydrogen-bond donors (Lipinski definition) is 0. The van der Waals surface area contributed by atoms with Gasteiger partial charge in [-0.1, -0.05) is 78.1 Å². The molecule has 1 atom stereocenters. The van der Waals surface area contributed by atoms with Gasteiger partial charge in [0.25, 0.3) is 11.2 Å². The minimum atomic E-state index is -0.954. The SMILES string of the molecule is CCOC(=O)C1=C(C)N=c2s/c(=C/c3cc(-c4ccccc4)n(-c4ccc([N+](=O)[O-])cc4)c3-c3ccccc3)c(=O)n2[C@H]1c1ccc(OCC(=O)OC)c(OCC)c1. The predicted octanol–water partition coefficient (Wildman–Crippen LogP) is 6.78. The second-order valence-electron chi connectivity index (χ2n) is 13.0. The smallest absolute Gasteiger partial charge is 0.343 e. The van der Waals surface area contributed by atoms with Crippen molar-refractivity contribution in [3.05, 3.63) is 161 Å². The van der Waals surface area contributed by atoms with Crippen LogP contribution in [0.25, 0.3) is 34.3 Å². The number of rotatable bonds is 13. The second-order valence-corrected chi connectivity index (χ2v) is 14.0. The van der Waals surface area contributed by atoms with E-state index >= 15 is 0 Å². The van der Waals surface area contributed by atoms with Gasteiger partial charge < -0.3 is 23.5 Å². The van der Waals surface area contributed by atoms with Crippen LogP contribution in [0.3, 0.4) is 0 Å².